The molecule has 0 fully saturated rings. The third-order valence-electron chi connectivity index (χ3n) is 5.64. The highest BCUT2D eigenvalue weighted by atomic mass is 16.5. The summed E-state index contributed by atoms with van der Waals surface area (Å²) in [4.78, 5) is 25.7. The Hall–Kier alpha value is -4.12. The molecule has 0 amide bonds. The van der Waals surface area contributed by atoms with E-state index in [-0.39, 0.29) is 16.6 Å². The summed E-state index contributed by atoms with van der Waals surface area (Å²) in [6.07, 6.45) is 1.43. The summed E-state index contributed by atoms with van der Waals surface area (Å²) in [6.45, 7) is 0. The van der Waals surface area contributed by atoms with Gasteiger partial charge in [-0.15, -0.1) is 0 Å². The lowest BCUT2D eigenvalue weighted by atomic mass is 9.85. The summed E-state index contributed by atoms with van der Waals surface area (Å²) in [5.41, 5.74) is 2.69. The van der Waals surface area contributed by atoms with E-state index in [2.05, 4.69) is 0 Å². The van der Waals surface area contributed by atoms with E-state index in [9.17, 15) is 14.7 Å². The third-order valence-corrected chi connectivity index (χ3v) is 5.64. The lowest BCUT2D eigenvalue weighted by molar-refractivity contribution is -0.130. The Morgan fingerprint density at radius 2 is 1.74 bits per heavy atom. The van der Waals surface area contributed by atoms with Crippen molar-refractivity contribution in [1.82, 2.24) is 0 Å². The van der Waals surface area contributed by atoms with Crippen molar-refractivity contribution < 1.29 is 19.1 Å². The van der Waals surface area contributed by atoms with E-state index in [4.69, 9.17) is 9.15 Å². The second kappa shape index (κ2) is 7.29. The second-order valence-electron chi connectivity index (χ2n) is 7.37. The number of hydrogen-bond donors (Lipinski definition) is 1. The van der Waals surface area contributed by atoms with Gasteiger partial charge in [0.25, 0.3) is 0 Å². The van der Waals surface area contributed by atoms with Crippen molar-refractivity contribution in [2.45, 2.75) is 5.92 Å². The molecule has 3 aromatic carbocycles. The van der Waals surface area contributed by atoms with Crippen molar-refractivity contribution in [2.24, 2.45) is 0 Å². The van der Waals surface area contributed by atoms with Crippen LogP contribution in [-0.4, -0.2) is 18.2 Å². The Morgan fingerprint density at radius 3 is 2.48 bits per heavy atom. The van der Waals surface area contributed by atoms with Crippen LogP contribution in [0.1, 0.15) is 33.9 Å². The van der Waals surface area contributed by atoms with Crippen molar-refractivity contribution in [1.29, 1.82) is 0 Å². The highest BCUT2D eigenvalue weighted by molar-refractivity contribution is 6.21. The monoisotopic (exact) mass is 410 g/mol. The molecule has 0 bridgehead atoms. The van der Waals surface area contributed by atoms with Crippen LogP contribution in [0.25, 0.3) is 22.6 Å². The van der Waals surface area contributed by atoms with Gasteiger partial charge in [-0.25, -0.2) is 4.79 Å². The molecule has 1 aromatic heterocycles. The van der Waals surface area contributed by atoms with Crippen molar-refractivity contribution in [2.75, 3.05) is 7.11 Å². The summed E-state index contributed by atoms with van der Waals surface area (Å²) >= 11 is 0. The smallest absolute Gasteiger partial charge is 0.336 e. The maximum atomic E-state index is 13.5. The number of carboxylic acids is 1. The van der Waals surface area contributed by atoms with Gasteiger partial charge < -0.3 is 14.3 Å². The Kier molecular flexibility index (Phi) is 4.44. The zero-order valence-electron chi connectivity index (χ0n) is 16.7. The molecule has 5 heteroatoms. The number of aliphatic carboxylic acids is 1. The molecule has 5 rings (SSSR count). The summed E-state index contributed by atoms with van der Waals surface area (Å²) in [5, 5.41) is 10.3. The molecule has 1 aliphatic rings. The van der Waals surface area contributed by atoms with E-state index in [0.29, 0.717) is 28.0 Å². The number of benzene rings is 3. The van der Waals surface area contributed by atoms with Gasteiger partial charge in [0.1, 0.15) is 17.1 Å². The summed E-state index contributed by atoms with van der Waals surface area (Å²) in [6, 6.07) is 22.0. The Morgan fingerprint density at radius 1 is 1.00 bits per heavy atom. The minimum atomic E-state index is -1.10. The van der Waals surface area contributed by atoms with E-state index in [1.807, 2.05) is 42.5 Å². The Balaban J connectivity index is 1.94. The van der Waals surface area contributed by atoms with Crippen LogP contribution in [-0.2, 0) is 4.79 Å². The molecule has 0 radical (unpaired) electrons. The average molecular weight is 410 g/mol. The Bertz CT molecular complexity index is 1410. The van der Waals surface area contributed by atoms with E-state index in [0.717, 1.165) is 11.1 Å². The minimum Gasteiger partial charge on any atom is -0.497 e. The summed E-state index contributed by atoms with van der Waals surface area (Å²) < 4.78 is 11.6. The third kappa shape index (κ3) is 3.02. The quantitative estimate of drug-likeness (QED) is 0.519. The fourth-order valence-electron chi connectivity index (χ4n) is 4.19. The number of hydrogen-bond acceptors (Lipinski definition) is 4. The molecule has 0 saturated heterocycles. The summed E-state index contributed by atoms with van der Waals surface area (Å²) in [5.74, 6) is -0.576. The van der Waals surface area contributed by atoms with Gasteiger partial charge >= 0.3 is 5.97 Å². The van der Waals surface area contributed by atoms with Crippen LogP contribution in [0.15, 0.2) is 82.0 Å². The number of carboxylic acid groups (broad SMARTS) is 1. The largest absolute Gasteiger partial charge is 0.497 e. The van der Waals surface area contributed by atoms with Gasteiger partial charge in [0.05, 0.1) is 29.6 Å². The van der Waals surface area contributed by atoms with Crippen LogP contribution in [0.5, 0.6) is 5.75 Å². The molecule has 152 valence electrons. The second-order valence-corrected chi connectivity index (χ2v) is 7.37. The minimum absolute atomic E-state index is 0.0600. The van der Waals surface area contributed by atoms with Gasteiger partial charge in [0, 0.05) is 0 Å². The first-order chi connectivity index (χ1) is 15.1. The van der Waals surface area contributed by atoms with E-state index in [1.165, 1.54) is 13.2 Å². The molecule has 1 unspecified atom stereocenters. The zero-order chi connectivity index (χ0) is 21.5. The molecule has 1 heterocycles. The normalized spacial score (nSPS) is 14.9. The molecule has 0 spiro atoms. The van der Waals surface area contributed by atoms with Gasteiger partial charge in [-0.2, -0.15) is 0 Å². The topological polar surface area (TPSA) is 76.7 Å². The molecule has 4 aromatic rings. The van der Waals surface area contributed by atoms with Crippen molar-refractivity contribution in [3.05, 3.63) is 111 Å². The van der Waals surface area contributed by atoms with Gasteiger partial charge in [-0.05, 0) is 41.0 Å². The lowest BCUT2D eigenvalue weighted by Crippen LogP contribution is -2.13. The maximum absolute atomic E-state index is 13.5. The molecular formula is C26H18O5. The molecular weight excluding hydrogens is 392 g/mol. The molecule has 5 nitrogen and oxygen atoms in total. The molecule has 1 N–H and O–H groups in total. The average Bonchev–Trinajstić information content (AvgIpc) is 2.94. The predicted molar refractivity (Wildman–Crippen MR) is 118 cm³/mol. The van der Waals surface area contributed by atoms with Crippen LogP contribution in [0.2, 0.25) is 0 Å². The van der Waals surface area contributed by atoms with Crippen molar-refractivity contribution >= 4 is 28.6 Å². The van der Waals surface area contributed by atoms with Crippen LogP contribution in [0, 0.1) is 0 Å². The molecule has 1 atom stereocenters. The van der Waals surface area contributed by atoms with Gasteiger partial charge in [0.15, 0.2) is 5.43 Å². The first kappa shape index (κ1) is 18.9. The number of carbonyl (C=O) groups is 1. The molecule has 0 saturated carbocycles. The van der Waals surface area contributed by atoms with E-state index >= 15 is 0 Å². The first-order valence-corrected chi connectivity index (χ1v) is 9.82. The van der Waals surface area contributed by atoms with Gasteiger partial charge in [0.2, 0.25) is 0 Å². The van der Waals surface area contributed by atoms with Crippen LogP contribution >= 0.6 is 0 Å². The Labute approximate surface area is 177 Å². The SMILES string of the molecule is COc1ccc2oc3c(c(=O)c2c1)C=C(C(=O)O)c1ccccc1C3c1ccccc1. The highest BCUT2D eigenvalue weighted by Crippen LogP contribution is 2.42. The van der Waals surface area contributed by atoms with Gasteiger partial charge in [-0.3, -0.25) is 4.79 Å². The number of fused-ring (bicyclic) bond motifs is 3. The number of ether oxygens (including phenoxy) is 1. The summed E-state index contributed by atoms with van der Waals surface area (Å²) in [7, 11) is 1.52. The van der Waals surface area contributed by atoms with Crippen molar-refractivity contribution in [3.63, 3.8) is 0 Å². The fraction of sp³-hybridized carbons (Fsp3) is 0.0769. The van der Waals surface area contributed by atoms with Crippen molar-refractivity contribution in [3.8, 4) is 5.75 Å². The molecule has 31 heavy (non-hydrogen) atoms. The van der Waals surface area contributed by atoms with Crippen LogP contribution in [0.4, 0.5) is 0 Å². The maximum Gasteiger partial charge on any atom is 0.336 e. The van der Waals surface area contributed by atoms with Crippen LogP contribution in [0.3, 0.4) is 0 Å². The number of rotatable bonds is 3. The standard InChI is InChI=1S/C26H18O5/c1-30-16-11-12-22-20(13-16)24(27)21-14-19(26(28)29)17-9-5-6-10-18(17)23(25(21)31-22)15-7-3-2-4-8-15/h2-14,23H,1H3,(H,28,29). The number of methoxy groups -OCH3 is 1. The van der Waals surface area contributed by atoms with E-state index < -0.39 is 11.9 Å². The van der Waals surface area contributed by atoms with Gasteiger partial charge in [-0.1, -0.05) is 54.6 Å². The zero-order valence-corrected chi connectivity index (χ0v) is 16.7. The fourth-order valence-corrected chi connectivity index (χ4v) is 4.19. The predicted octanol–water partition coefficient (Wildman–Crippen LogP) is 4.92. The highest BCUT2D eigenvalue weighted by Gasteiger charge is 2.32. The van der Waals surface area contributed by atoms with E-state index in [1.54, 1.807) is 30.3 Å². The van der Waals surface area contributed by atoms with Crippen LogP contribution < -0.4 is 10.2 Å². The first-order valence-electron chi connectivity index (χ1n) is 9.82. The lowest BCUT2D eigenvalue weighted by Gasteiger charge is -2.20. The molecule has 1 aliphatic carbocycles. The molecule has 0 aliphatic heterocycles.